The summed E-state index contributed by atoms with van der Waals surface area (Å²) < 4.78 is 3.07. The van der Waals surface area contributed by atoms with Gasteiger partial charge in [-0.15, -0.1) is 0 Å². The van der Waals surface area contributed by atoms with E-state index >= 15 is 0 Å². The molecule has 1 fully saturated rings. The zero-order valence-electron chi connectivity index (χ0n) is 13.3. The fourth-order valence-corrected chi connectivity index (χ4v) is 3.14. The van der Waals surface area contributed by atoms with Gasteiger partial charge in [-0.1, -0.05) is 9.13 Å². The molecule has 22 heavy (non-hydrogen) atoms. The molecule has 1 aromatic rings. The SMILES string of the molecule is C[n+]1c(O)c2c([n+](C)c1O)NCN(CCN1CCNCC1)C2. The number of piperazine rings is 1. The van der Waals surface area contributed by atoms with Crippen molar-refractivity contribution in [3.05, 3.63) is 5.56 Å². The summed E-state index contributed by atoms with van der Waals surface area (Å²) in [6.45, 7) is 7.72. The van der Waals surface area contributed by atoms with E-state index in [2.05, 4.69) is 20.4 Å². The molecule has 0 saturated carbocycles. The lowest BCUT2D eigenvalue weighted by Gasteiger charge is -2.31. The van der Waals surface area contributed by atoms with Crippen LogP contribution in [0.1, 0.15) is 5.56 Å². The van der Waals surface area contributed by atoms with Crippen molar-refractivity contribution in [2.45, 2.75) is 6.54 Å². The molecule has 0 radical (unpaired) electrons. The van der Waals surface area contributed by atoms with Crippen LogP contribution in [0.5, 0.6) is 11.9 Å². The van der Waals surface area contributed by atoms with E-state index in [4.69, 9.17) is 0 Å². The number of anilines is 1. The summed E-state index contributed by atoms with van der Waals surface area (Å²) in [7, 11) is 3.45. The molecule has 8 heteroatoms. The number of nitrogens with zero attached hydrogens (tertiary/aromatic N) is 4. The predicted molar refractivity (Wildman–Crippen MR) is 80.3 cm³/mol. The van der Waals surface area contributed by atoms with Gasteiger partial charge in [0, 0.05) is 45.8 Å². The van der Waals surface area contributed by atoms with Crippen LogP contribution in [0.2, 0.25) is 0 Å². The van der Waals surface area contributed by atoms with E-state index in [0.29, 0.717) is 6.54 Å². The first kappa shape index (κ1) is 15.3. The van der Waals surface area contributed by atoms with E-state index in [-0.39, 0.29) is 11.9 Å². The van der Waals surface area contributed by atoms with Gasteiger partial charge in [0.2, 0.25) is 0 Å². The Morgan fingerprint density at radius 2 is 1.73 bits per heavy atom. The molecule has 3 heterocycles. The van der Waals surface area contributed by atoms with Crippen molar-refractivity contribution in [2.24, 2.45) is 14.1 Å². The van der Waals surface area contributed by atoms with Crippen molar-refractivity contribution in [1.82, 2.24) is 15.1 Å². The molecule has 8 nitrogen and oxygen atoms in total. The second-order valence-corrected chi connectivity index (χ2v) is 6.05. The Morgan fingerprint density at radius 1 is 1.05 bits per heavy atom. The van der Waals surface area contributed by atoms with E-state index in [0.717, 1.165) is 57.3 Å². The second kappa shape index (κ2) is 6.23. The summed E-state index contributed by atoms with van der Waals surface area (Å²) >= 11 is 0. The van der Waals surface area contributed by atoms with E-state index < -0.39 is 0 Å². The summed E-state index contributed by atoms with van der Waals surface area (Å²) in [5.41, 5.74) is 0.828. The van der Waals surface area contributed by atoms with Gasteiger partial charge in [0.1, 0.15) is 0 Å². The molecule has 0 spiro atoms. The van der Waals surface area contributed by atoms with Crippen molar-refractivity contribution < 1.29 is 19.3 Å². The highest BCUT2D eigenvalue weighted by molar-refractivity contribution is 5.44. The minimum Gasteiger partial charge on any atom is -0.459 e. The Morgan fingerprint density at radius 3 is 2.45 bits per heavy atom. The van der Waals surface area contributed by atoms with Crippen molar-refractivity contribution in [3.63, 3.8) is 0 Å². The normalized spacial score (nSPS) is 19.7. The Labute approximate surface area is 130 Å². The highest BCUT2D eigenvalue weighted by atomic mass is 16.3. The minimum atomic E-state index is 0.0259. The quantitative estimate of drug-likeness (QED) is 0.476. The first-order valence-corrected chi connectivity index (χ1v) is 7.80. The number of rotatable bonds is 3. The minimum absolute atomic E-state index is 0.0259. The lowest BCUT2D eigenvalue weighted by atomic mass is 10.2. The van der Waals surface area contributed by atoms with Crippen LogP contribution in [0, 0.1) is 0 Å². The summed E-state index contributed by atoms with van der Waals surface area (Å²) in [4.78, 5) is 4.74. The third-order valence-electron chi connectivity index (χ3n) is 4.60. The van der Waals surface area contributed by atoms with E-state index in [1.54, 1.807) is 18.7 Å². The van der Waals surface area contributed by atoms with Gasteiger partial charge in [-0.25, -0.2) is 0 Å². The molecule has 1 aromatic heterocycles. The molecule has 3 rings (SSSR count). The summed E-state index contributed by atoms with van der Waals surface area (Å²) in [5.74, 6) is 0.900. The van der Waals surface area contributed by atoms with Gasteiger partial charge in [-0.3, -0.25) is 9.80 Å². The lowest BCUT2D eigenvalue weighted by molar-refractivity contribution is -0.807. The molecule has 0 atom stereocenters. The molecule has 0 aromatic carbocycles. The first-order valence-electron chi connectivity index (χ1n) is 7.80. The predicted octanol–water partition coefficient (Wildman–Crippen LogP) is -2.16. The van der Waals surface area contributed by atoms with Crippen LogP contribution < -0.4 is 19.8 Å². The molecule has 4 N–H and O–H groups in total. The van der Waals surface area contributed by atoms with Crippen molar-refractivity contribution in [2.75, 3.05) is 51.3 Å². The summed E-state index contributed by atoms with van der Waals surface area (Å²) in [6, 6.07) is 0.0259. The van der Waals surface area contributed by atoms with Gasteiger partial charge in [-0.2, -0.15) is 0 Å². The maximum Gasteiger partial charge on any atom is 0.632 e. The average molecular weight is 310 g/mol. The molecule has 0 bridgehead atoms. The molecule has 2 aliphatic rings. The van der Waals surface area contributed by atoms with Crippen molar-refractivity contribution in [1.29, 1.82) is 0 Å². The number of hydrogen-bond acceptors (Lipinski definition) is 6. The summed E-state index contributed by atoms with van der Waals surface area (Å²) in [6.07, 6.45) is 0. The average Bonchev–Trinajstić information content (AvgIpc) is 2.57. The molecule has 122 valence electrons. The van der Waals surface area contributed by atoms with E-state index in [1.165, 1.54) is 4.57 Å². The molecular formula is C14H26N6O2+2. The summed E-state index contributed by atoms with van der Waals surface area (Å²) in [5, 5.41) is 26.9. The first-order chi connectivity index (χ1) is 10.6. The maximum absolute atomic E-state index is 10.3. The van der Waals surface area contributed by atoms with Gasteiger partial charge < -0.3 is 20.8 Å². The lowest BCUT2D eigenvalue weighted by Crippen LogP contribution is -2.51. The molecule has 0 amide bonds. The fourth-order valence-electron chi connectivity index (χ4n) is 3.14. The highest BCUT2D eigenvalue weighted by Gasteiger charge is 2.37. The molecular weight excluding hydrogens is 284 g/mol. The van der Waals surface area contributed by atoms with Gasteiger partial charge in [0.15, 0.2) is 19.7 Å². The topological polar surface area (TPSA) is 78.8 Å². The molecule has 0 aliphatic carbocycles. The van der Waals surface area contributed by atoms with E-state index in [9.17, 15) is 10.2 Å². The van der Waals surface area contributed by atoms with Crippen LogP contribution in [-0.4, -0.2) is 66.0 Å². The van der Waals surface area contributed by atoms with Gasteiger partial charge in [-0.05, 0) is 0 Å². The van der Waals surface area contributed by atoms with Crippen LogP contribution in [-0.2, 0) is 20.6 Å². The Balaban J connectivity index is 1.68. The smallest absolute Gasteiger partial charge is 0.459 e. The second-order valence-electron chi connectivity index (χ2n) is 6.05. The van der Waals surface area contributed by atoms with Crippen LogP contribution in [0.15, 0.2) is 0 Å². The molecule has 0 unspecified atom stereocenters. The number of fused-ring (bicyclic) bond motifs is 1. The fraction of sp³-hybridized carbons (Fsp3) is 0.714. The maximum atomic E-state index is 10.3. The van der Waals surface area contributed by atoms with Crippen molar-refractivity contribution >= 4 is 5.82 Å². The molecule has 1 saturated heterocycles. The Bertz CT molecular complexity index is 559. The third-order valence-corrected chi connectivity index (χ3v) is 4.60. The largest absolute Gasteiger partial charge is 0.632 e. The van der Waals surface area contributed by atoms with Gasteiger partial charge >= 0.3 is 11.9 Å². The number of nitrogens with one attached hydrogen (secondary N) is 2. The number of hydrogen-bond donors (Lipinski definition) is 4. The van der Waals surface area contributed by atoms with Gasteiger partial charge in [0.25, 0.3) is 5.82 Å². The van der Waals surface area contributed by atoms with Crippen LogP contribution >= 0.6 is 0 Å². The van der Waals surface area contributed by atoms with Crippen LogP contribution in [0.3, 0.4) is 0 Å². The number of aromatic nitrogens is 2. The standard InChI is InChI=1S/C14H24N6O2/c1-17-12-11(13(21)18(2)14(17)22)9-20(10-16-12)8-7-19-5-3-15-4-6-19/h15H,3-10H2,1-2H3,(H,16,21)/p+2. The zero-order chi connectivity index (χ0) is 15.7. The number of aromatic hydroxyl groups is 2. The van der Waals surface area contributed by atoms with Gasteiger partial charge in [0.05, 0.1) is 6.67 Å². The molecule has 2 aliphatic heterocycles. The van der Waals surface area contributed by atoms with Crippen LogP contribution in [0.25, 0.3) is 0 Å². The Kier molecular flexibility index (Phi) is 4.32. The van der Waals surface area contributed by atoms with Crippen molar-refractivity contribution in [3.8, 4) is 11.9 Å². The van der Waals surface area contributed by atoms with Crippen LogP contribution in [0.4, 0.5) is 5.82 Å². The third kappa shape index (κ3) is 2.81. The Hall–Kier alpha value is -1.64. The monoisotopic (exact) mass is 310 g/mol. The van der Waals surface area contributed by atoms with E-state index in [1.807, 2.05) is 0 Å². The highest BCUT2D eigenvalue weighted by Crippen LogP contribution is 2.25. The zero-order valence-corrected chi connectivity index (χ0v) is 13.3.